The van der Waals surface area contributed by atoms with E-state index in [1.807, 2.05) is 0 Å². The average Bonchev–Trinajstić information content (AvgIpc) is 4.43. The molecule has 4 aliphatic heterocycles. The number of fused-ring (bicyclic) bond motifs is 5. The van der Waals surface area contributed by atoms with E-state index >= 15 is 0 Å². The maximum Gasteiger partial charge on any atom is 0.254 e. The lowest BCUT2D eigenvalue weighted by Gasteiger charge is -2.38. The fraction of sp³-hybridized carbons (Fsp3) is 0.491. The first-order valence-corrected chi connectivity index (χ1v) is 27.5. The summed E-state index contributed by atoms with van der Waals surface area (Å²) in [6.45, 7) is 5.58. The van der Waals surface area contributed by atoms with E-state index in [1.54, 1.807) is 48.5 Å². The van der Waals surface area contributed by atoms with Gasteiger partial charge < -0.3 is 50.6 Å². The van der Waals surface area contributed by atoms with Gasteiger partial charge in [-0.1, -0.05) is 0 Å². The molecule has 2 saturated heterocycles. The largest absolute Gasteiger partial charge is 0.482 e. The molecule has 0 aliphatic carbocycles. The SMILES string of the molecule is CN[C@@H](C)C(=O)N[C@H](C(=O)N1CCC[C@H]1C1=NC(C(=O)c2ccc(F)cc2)CS1)C1CCN(C(=O)CCOCCOCCC(=O)NCCn2nc(C#N)c3c2CN(C)C(=O)c2ccc(F)cc2[C@@H](C)Oc2cc-3cnc2N)CC1. The average molecular weight is 1110 g/mol. The highest BCUT2D eigenvalue weighted by atomic mass is 32.2. The molecule has 21 nitrogen and oxygen atoms in total. The quantitative estimate of drug-likeness (QED) is 0.0718. The molecule has 420 valence electrons. The molecule has 0 saturated carbocycles. The Balaban J connectivity index is 0.764. The third-order valence-corrected chi connectivity index (χ3v) is 15.8. The van der Waals surface area contributed by atoms with Crippen molar-refractivity contribution in [3.63, 3.8) is 0 Å². The second-order valence-electron chi connectivity index (χ2n) is 19.9. The van der Waals surface area contributed by atoms with Crippen molar-refractivity contribution in [2.45, 2.75) is 95.7 Å². The van der Waals surface area contributed by atoms with Crippen LogP contribution >= 0.6 is 11.8 Å². The van der Waals surface area contributed by atoms with E-state index in [-0.39, 0.29) is 123 Å². The Morgan fingerprint density at radius 2 is 1.70 bits per heavy atom. The first kappa shape index (κ1) is 57.8. The number of ether oxygens (including phenoxy) is 3. The van der Waals surface area contributed by atoms with Gasteiger partial charge in [-0.25, -0.2) is 13.8 Å². The maximum absolute atomic E-state index is 14.5. The fourth-order valence-corrected chi connectivity index (χ4v) is 11.4. The van der Waals surface area contributed by atoms with Crippen LogP contribution in [0.4, 0.5) is 14.6 Å². The number of piperidine rings is 1. The van der Waals surface area contributed by atoms with Gasteiger partial charge in [0.15, 0.2) is 23.0 Å². The number of aliphatic imine (C=N–C) groups is 1. The Hall–Kier alpha value is -7.33. The van der Waals surface area contributed by atoms with Gasteiger partial charge in [0.2, 0.25) is 23.6 Å². The van der Waals surface area contributed by atoms with E-state index in [4.69, 9.17) is 24.9 Å². The number of anilines is 1. The standard InChI is InChI=1S/C55H66F2N12O9S/c1-32(60-3)52(73)64-49(55(75)68-18-5-6-43(68)53-63-42(31-79-53)50(72)35-7-9-37(56)10-8-35)34-13-19-67(20-14-34)47(71)16-23-77-25-24-76-22-15-46(70)61-17-21-69-44-30-66(4)54(74)39-12-11-38(57)27-40(39)33(2)78-45-26-36(29-62-51(45)59)48(44)41(28-58)65-69/h7-12,26-27,29,32-34,42-43,49,60H,5-6,13-25,30-31H2,1-4H3,(H2,59,62)(H,61,70)(H,64,73)/t32-,33+,42?,43-,49-/m0/s1. The molecule has 24 heteroatoms. The lowest BCUT2D eigenvalue weighted by Crippen LogP contribution is -2.58. The molecule has 4 aromatic rings. The molecular weight excluding hydrogens is 1040 g/mol. The molecule has 0 spiro atoms. The number of hydrogen-bond acceptors (Lipinski definition) is 16. The van der Waals surface area contributed by atoms with Crippen LogP contribution in [0.5, 0.6) is 5.75 Å². The number of ketones is 1. The van der Waals surface area contributed by atoms with Gasteiger partial charge in [-0.3, -0.25) is 38.4 Å². The number of Topliss-reactive ketones (excluding diaryl/α,β-unsaturated/α-hetero) is 1. The summed E-state index contributed by atoms with van der Waals surface area (Å²) in [5.74, 6) is -2.08. The molecule has 5 amide bonds. The molecule has 1 unspecified atom stereocenters. The van der Waals surface area contributed by atoms with Crippen LogP contribution in [0.3, 0.4) is 0 Å². The number of halogens is 2. The Bertz CT molecular complexity index is 2980. The summed E-state index contributed by atoms with van der Waals surface area (Å²) in [5.41, 5.74) is 8.53. The minimum atomic E-state index is -0.828. The van der Waals surface area contributed by atoms with Crippen LogP contribution in [0.1, 0.15) is 96.1 Å². The number of nitriles is 1. The third-order valence-electron chi connectivity index (χ3n) is 14.7. The first-order chi connectivity index (χ1) is 38.0. The Morgan fingerprint density at radius 3 is 2.42 bits per heavy atom. The molecule has 0 radical (unpaired) electrons. The van der Waals surface area contributed by atoms with Gasteiger partial charge in [-0.15, -0.1) is 11.8 Å². The number of likely N-dealkylation sites (N-methyl/N-ethyl adjacent to an activating group) is 1. The van der Waals surface area contributed by atoms with Crippen LogP contribution in [0.2, 0.25) is 0 Å². The normalized spacial score (nSPS) is 19.2. The number of thioether (sulfide) groups is 1. The lowest BCUT2D eigenvalue weighted by molar-refractivity contribution is -0.140. The van der Waals surface area contributed by atoms with Crippen molar-refractivity contribution in [3.05, 3.63) is 94.4 Å². The zero-order chi connectivity index (χ0) is 56.3. The monoisotopic (exact) mass is 1110 g/mol. The fourth-order valence-electron chi connectivity index (χ4n) is 10.2. The predicted molar refractivity (Wildman–Crippen MR) is 289 cm³/mol. The second kappa shape index (κ2) is 26.5. The highest BCUT2D eigenvalue weighted by molar-refractivity contribution is 8.14. The molecule has 2 fully saturated rings. The zero-order valence-corrected chi connectivity index (χ0v) is 45.5. The Morgan fingerprint density at radius 1 is 0.975 bits per heavy atom. The van der Waals surface area contributed by atoms with Crippen LogP contribution in [-0.4, -0.2) is 166 Å². The minimum absolute atomic E-state index is 0.00315. The molecular formula is C55H66F2N12O9S. The van der Waals surface area contributed by atoms with Gasteiger partial charge in [0.25, 0.3) is 5.91 Å². The van der Waals surface area contributed by atoms with Crippen LogP contribution in [0.15, 0.2) is 59.7 Å². The molecule has 5 N–H and O–H groups in total. The van der Waals surface area contributed by atoms with E-state index < -0.39 is 41.8 Å². The van der Waals surface area contributed by atoms with Gasteiger partial charge in [0.05, 0.1) is 68.8 Å². The number of rotatable bonds is 20. The van der Waals surface area contributed by atoms with Crippen molar-refractivity contribution in [3.8, 4) is 22.9 Å². The highest BCUT2D eigenvalue weighted by Gasteiger charge is 2.43. The molecule has 4 aliphatic rings. The van der Waals surface area contributed by atoms with Gasteiger partial charge in [-0.05, 0) is 101 Å². The van der Waals surface area contributed by atoms with Crippen molar-refractivity contribution in [2.24, 2.45) is 10.9 Å². The van der Waals surface area contributed by atoms with E-state index in [1.165, 1.54) is 65.3 Å². The summed E-state index contributed by atoms with van der Waals surface area (Å²) in [6.07, 6.45) is 3.28. The summed E-state index contributed by atoms with van der Waals surface area (Å²) in [6, 6.07) is 10.6. The summed E-state index contributed by atoms with van der Waals surface area (Å²) < 4.78 is 47.0. The molecule has 2 bridgehead atoms. The Kier molecular flexibility index (Phi) is 19.4. The van der Waals surface area contributed by atoms with Gasteiger partial charge in [-0.2, -0.15) is 10.4 Å². The number of benzene rings is 2. The van der Waals surface area contributed by atoms with Gasteiger partial charge in [0, 0.05) is 79.4 Å². The molecule has 2 aromatic carbocycles. The Labute approximate surface area is 461 Å². The maximum atomic E-state index is 14.5. The smallest absolute Gasteiger partial charge is 0.254 e. The van der Waals surface area contributed by atoms with Crippen molar-refractivity contribution >= 4 is 57.9 Å². The molecule has 2 aromatic heterocycles. The number of carbonyl (C=O) groups excluding carboxylic acids is 6. The number of nitrogens with two attached hydrogens (primary N) is 1. The van der Waals surface area contributed by atoms with Crippen molar-refractivity contribution < 1.29 is 51.8 Å². The van der Waals surface area contributed by atoms with Gasteiger partial charge in [0.1, 0.15) is 35.9 Å². The number of aromatic nitrogens is 3. The van der Waals surface area contributed by atoms with E-state index in [2.05, 4.69) is 32.1 Å². The highest BCUT2D eigenvalue weighted by Crippen LogP contribution is 2.37. The number of pyridine rings is 1. The molecule has 5 atom stereocenters. The van der Waals surface area contributed by atoms with Crippen molar-refractivity contribution in [1.82, 2.24) is 45.4 Å². The van der Waals surface area contributed by atoms with E-state index in [0.717, 1.165) is 6.42 Å². The van der Waals surface area contributed by atoms with Crippen LogP contribution in [0, 0.1) is 28.9 Å². The molecule has 79 heavy (non-hydrogen) atoms. The number of hydrogen-bond donors (Lipinski definition) is 4. The number of nitrogen functional groups attached to an aromatic ring is 1. The molecule has 8 rings (SSSR count). The van der Waals surface area contributed by atoms with Crippen molar-refractivity contribution in [2.75, 3.05) is 78.2 Å². The third kappa shape index (κ3) is 13.9. The zero-order valence-electron chi connectivity index (χ0n) is 44.7. The summed E-state index contributed by atoms with van der Waals surface area (Å²) in [5, 5.41) is 24.2. The number of carbonyl (C=O) groups is 6. The summed E-state index contributed by atoms with van der Waals surface area (Å²) >= 11 is 1.45. The van der Waals surface area contributed by atoms with E-state index in [0.29, 0.717) is 77.6 Å². The lowest BCUT2D eigenvalue weighted by atomic mass is 9.88. The number of likely N-dealkylation sites (tertiary alicyclic amines) is 2. The number of nitrogens with one attached hydrogen (secondary N) is 3. The first-order valence-electron chi connectivity index (χ1n) is 26.5. The number of amides is 5. The van der Waals surface area contributed by atoms with Crippen LogP contribution in [-0.2, 0) is 41.7 Å². The van der Waals surface area contributed by atoms with Crippen LogP contribution in [0.25, 0.3) is 11.1 Å². The number of nitrogens with zero attached hydrogens (tertiary/aromatic N) is 8. The summed E-state index contributed by atoms with van der Waals surface area (Å²) in [7, 11) is 3.26. The van der Waals surface area contributed by atoms with Gasteiger partial charge >= 0.3 is 0 Å². The second-order valence-corrected chi connectivity index (χ2v) is 21.0. The molecule has 6 heterocycles. The summed E-state index contributed by atoms with van der Waals surface area (Å²) in [4.78, 5) is 95.0. The van der Waals surface area contributed by atoms with Crippen LogP contribution < -0.4 is 26.4 Å². The minimum Gasteiger partial charge on any atom is -0.482 e. The topological polar surface area (TPSA) is 269 Å². The van der Waals surface area contributed by atoms with Crippen molar-refractivity contribution in [1.29, 1.82) is 5.26 Å². The van der Waals surface area contributed by atoms with E-state index in [9.17, 15) is 42.8 Å². The predicted octanol–water partition coefficient (Wildman–Crippen LogP) is 4.05.